The summed E-state index contributed by atoms with van der Waals surface area (Å²) in [5, 5.41) is 13.3. The van der Waals surface area contributed by atoms with E-state index in [0.29, 0.717) is 12.6 Å². The zero-order valence-corrected chi connectivity index (χ0v) is 12.0. The summed E-state index contributed by atoms with van der Waals surface area (Å²) >= 11 is 0. The van der Waals surface area contributed by atoms with Gasteiger partial charge in [-0.05, 0) is 38.8 Å². The average molecular weight is 263 g/mol. The Morgan fingerprint density at radius 1 is 1.58 bits per heavy atom. The van der Waals surface area contributed by atoms with E-state index in [4.69, 9.17) is 0 Å². The van der Waals surface area contributed by atoms with E-state index in [9.17, 15) is 5.11 Å². The lowest BCUT2D eigenvalue weighted by molar-refractivity contribution is 0.153. The molecule has 1 aliphatic heterocycles. The van der Waals surface area contributed by atoms with Gasteiger partial charge in [0.1, 0.15) is 5.82 Å². The number of β-amino-alcohol motifs (C(OH)–C–C–N with tert-alkyl or cyclic N) is 1. The van der Waals surface area contributed by atoms with E-state index >= 15 is 0 Å². The molecule has 2 rings (SSSR count). The van der Waals surface area contributed by atoms with Gasteiger partial charge in [0.2, 0.25) is 0 Å². The third-order valence-corrected chi connectivity index (χ3v) is 3.68. The van der Waals surface area contributed by atoms with Crippen molar-refractivity contribution < 1.29 is 5.11 Å². The normalized spacial score (nSPS) is 21.4. The van der Waals surface area contributed by atoms with Gasteiger partial charge in [-0.25, -0.2) is 4.98 Å². The summed E-state index contributed by atoms with van der Waals surface area (Å²) < 4.78 is 0. The lowest BCUT2D eigenvalue weighted by Crippen LogP contribution is -2.39. The number of nitrogens with zero attached hydrogens (tertiary/aromatic N) is 2. The Morgan fingerprint density at radius 3 is 3.16 bits per heavy atom. The monoisotopic (exact) mass is 263 g/mol. The van der Waals surface area contributed by atoms with Crippen LogP contribution in [0.25, 0.3) is 0 Å². The summed E-state index contributed by atoms with van der Waals surface area (Å²) in [6, 6.07) is 4.42. The first-order valence-electron chi connectivity index (χ1n) is 7.33. The first-order valence-corrected chi connectivity index (χ1v) is 7.33. The minimum atomic E-state index is -0.220. The van der Waals surface area contributed by atoms with Crippen LogP contribution in [0.3, 0.4) is 0 Å². The van der Waals surface area contributed by atoms with Crippen LogP contribution in [0, 0.1) is 0 Å². The maximum absolute atomic E-state index is 9.83. The highest BCUT2D eigenvalue weighted by Crippen LogP contribution is 2.26. The Bertz CT molecular complexity index is 397. The molecule has 0 bridgehead atoms. The van der Waals surface area contributed by atoms with Crippen molar-refractivity contribution in [3.8, 4) is 0 Å². The molecular weight excluding hydrogens is 238 g/mol. The minimum Gasteiger partial charge on any atom is -0.391 e. The zero-order chi connectivity index (χ0) is 13.7. The van der Waals surface area contributed by atoms with Gasteiger partial charge >= 0.3 is 0 Å². The van der Waals surface area contributed by atoms with Crippen molar-refractivity contribution in [3.05, 3.63) is 23.9 Å². The number of hydrogen-bond acceptors (Lipinski definition) is 4. The van der Waals surface area contributed by atoms with Crippen LogP contribution in [-0.2, 0) is 0 Å². The van der Waals surface area contributed by atoms with Gasteiger partial charge in [-0.1, -0.05) is 13.0 Å². The van der Waals surface area contributed by atoms with E-state index in [-0.39, 0.29) is 6.10 Å². The second kappa shape index (κ2) is 6.87. The second-order valence-electron chi connectivity index (χ2n) is 5.33. The summed E-state index contributed by atoms with van der Waals surface area (Å²) in [4.78, 5) is 6.76. The fourth-order valence-corrected chi connectivity index (χ4v) is 2.63. The Morgan fingerprint density at radius 2 is 2.42 bits per heavy atom. The van der Waals surface area contributed by atoms with Crippen molar-refractivity contribution in [2.75, 3.05) is 24.5 Å². The average Bonchev–Trinajstić information content (AvgIpc) is 2.45. The molecule has 2 atom stereocenters. The van der Waals surface area contributed by atoms with E-state index in [1.807, 2.05) is 12.3 Å². The standard InChI is InChI=1S/C15H25N3O/c1-3-8-16-12(2)14-7-4-9-17-15(14)18-10-5-6-13(19)11-18/h4,7,9,12-13,16,19H,3,5-6,8,10-11H2,1-2H3. The van der Waals surface area contributed by atoms with Crippen LogP contribution in [-0.4, -0.2) is 35.8 Å². The summed E-state index contributed by atoms with van der Waals surface area (Å²) in [5.41, 5.74) is 1.23. The van der Waals surface area contributed by atoms with Gasteiger partial charge in [0.05, 0.1) is 6.10 Å². The Kier molecular flexibility index (Phi) is 5.16. The van der Waals surface area contributed by atoms with Gasteiger partial charge in [0, 0.05) is 30.9 Å². The van der Waals surface area contributed by atoms with Gasteiger partial charge in [-0.3, -0.25) is 0 Å². The third kappa shape index (κ3) is 3.67. The predicted octanol–water partition coefficient (Wildman–Crippen LogP) is 2.10. The van der Waals surface area contributed by atoms with Gasteiger partial charge < -0.3 is 15.3 Å². The maximum atomic E-state index is 9.83. The molecule has 4 heteroatoms. The Balaban J connectivity index is 2.15. The molecule has 0 amide bonds. The predicted molar refractivity (Wildman–Crippen MR) is 78.4 cm³/mol. The molecule has 2 N–H and O–H groups in total. The third-order valence-electron chi connectivity index (χ3n) is 3.68. The number of anilines is 1. The van der Waals surface area contributed by atoms with Gasteiger partial charge in [0.25, 0.3) is 0 Å². The Hall–Kier alpha value is -1.13. The highest BCUT2D eigenvalue weighted by atomic mass is 16.3. The molecule has 0 radical (unpaired) electrons. The highest BCUT2D eigenvalue weighted by molar-refractivity contribution is 5.48. The summed E-state index contributed by atoms with van der Waals surface area (Å²) in [7, 11) is 0. The number of aliphatic hydroxyl groups excluding tert-OH is 1. The number of aromatic nitrogens is 1. The molecule has 2 unspecified atom stereocenters. The number of nitrogens with one attached hydrogen (secondary N) is 1. The van der Waals surface area contributed by atoms with Gasteiger partial charge in [-0.15, -0.1) is 0 Å². The summed E-state index contributed by atoms with van der Waals surface area (Å²) in [5.74, 6) is 1.03. The molecule has 1 aromatic heterocycles. The van der Waals surface area contributed by atoms with Crippen LogP contribution in [0.5, 0.6) is 0 Å². The zero-order valence-electron chi connectivity index (χ0n) is 12.0. The SMILES string of the molecule is CCCNC(C)c1cccnc1N1CCCC(O)C1. The van der Waals surface area contributed by atoms with Crippen molar-refractivity contribution in [2.24, 2.45) is 0 Å². The summed E-state index contributed by atoms with van der Waals surface area (Å²) in [6.45, 7) is 7.05. The molecular formula is C15H25N3O. The van der Waals surface area contributed by atoms with E-state index in [2.05, 4.69) is 35.1 Å². The molecule has 2 heterocycles. The Labute approximate surface area is 115 Å². The van der Waals surface area contributed by atoms with Crippen molar-refractivity contribution in [3.63, 3.8) is 0 Å². The van der Waals surface area contributed by atoms with E-state index < -0.39 is 0 Å². The lowest BCUT2D eigenvalue weighted by Gasteiger charge is -2.33. The number of hydrogen-bond donors (Lipinski definition) is 2. The van der Waals surface area contributed by atoms with Gasteiger partial charge in [0.15, 0.2) is 0 Å². The van der Waals surface area contributed by atoms with Crippen molar-refractivity contribution in [1.82, 2.24) is 10.3 Å². The maximum Gasteiger partial charge on any atom is 0.133 e. The molecule has 0 aromatic carbocycles. The van der Waals surface area contributed by atoms with E-state index in [1.54, 1.807) is 0 Å². The van der Waals surface area contributed by atoms with Crippen molar-refractivity contribution >= 4 is 5.82 Å². The molecule has 0 spiro atoms. The van der Waals surface area contributed by atoms with Crippen LogP contribution < -0.4 is 10.2 Å². The quantitative estimate of drug-likeness (QED) is 0.854. The first-order chi connectivity index (χ1) is 9.22. The first kappa shape index (κ1) is 14.3. The molecule has 106 valence electrons. The number of rotatable bonds is 5. The second-order valence-corrected chi connectivity index (χ2v) is 5.33. The smallest absolute Gasteiger partial charge is 0.133 e. The van der Waals surface area contributed by atoms with Crippen LogP contribution in [0.1, 0.15) is 44.7 Å². The lowest BCUT2D eigenvalue weighted by atomic mass is 10.0. The molecule has 19 heavy (non-hydrogen) atoms. The largest absolute Gasteiger partial charge is 0.391 e. The van der Waals surface area contributed by atoms with E-state index in [1.165, 1.54) is 5.56 Å². The number of aliphatic hydroxyl groups is 1. The molecule has 0 saturated carbocycles. The number of piperidine rings is 1. The van der Waals surface area contributed by atoms with Crippen LogP contribution in [0.2, 0.25) is 0 Å². The molecule has 1 aromatic rings. The van der Waals surface area contributed by atoms with Crippen LogP contribution in [0.4, 0.5) is 5.82 Å². The molecule has 1 fully saturated rings. The molecule has 1 aliphatic rings. The highest BCUT2D eigenvalue weighted by Gasteiger charge is 2.22. The topological polar surface area (TPSA) is 48.4 Å². The molecule has 1 saturated heterocycles. The van der Waals surface area contributed by atoms with Crippen LogP contribution >= 0.6 is 0 Å². The van der Waals surface area contributed by atoms with Crippen molar-refractivity contribution in [2.45, 2.75) is 45.3 Å². The van der Waals surface area contributed by atoms with Gasteiger partial charge in [-0.2, -0.15) is 0 Å². The van der Waals surface area contributed by atoms with Crippen LogP contribution in [0.15, 0.2) is 18.3 Å². The molecule has 0 aliphatic carbocycles. The van der Waals surface area contributed by atoms with E-state index in [0.717, 1.165) is 38.2 Å². The summed E-state index contributed by atoms with van der Waals surface area (Å²) in [6.07, 6.45) is 4.69. The number of pyridine rings is 1. The fourth-order valence-electron chi connectivity index (χ4n) is 2.63. The fraction of sp³-hybridized carbons (Fsp3) is 0.667. The van der Waals surface area contributed by atoms with Crippen molar-refractivity contribution in [1.29, 1.82) is 0 Å². The minimum absolute atomic E-state index is 0.220. The molecule has 4 nitrogen and oxygen atoms in total.